The highest BCUT2D eigenvalue weighted by Gasteiger charge is 2.44. The molecule has 33 heavy (non-hydrogen) atoms. The molecule has 0 radical (unpaired) electrons. The van der Waals surface area contributed by atoms with Crippen LogP contribution in [0.25, 0.3) is 11.1 Å². The van der Waals surface area contributed by atoms with Crippen LogP contribution in [-0.4, -0.2) is 60.1 Å². The minimum absolute atomic E-state index is 0.124. The third-order valence-corrected chi connectivity index (χ3v) is 8.83. The summed E-state index contributed by atoms with van der Waals surface area (Å²) in [4.78, 5) is 18.3. The Morgan fingerprint density at radius 2 is 1.97 bits per heavy atom. The SMILES string of the molecule is Cc1ccc(F)cc1NC(=O)N1CC(S(=O)(=O)N2CCC(c3coc4cccnc34)CC2)C1. The summed E-state index contributed by atoms with van der Waals surface area (Å²) in [6, 6.07) is 7.44. The van der Waals surface area contributed by atoms with Gasteiger partial charge in [-0.2, -0.15) is 0 Å². The molecule has 2 aliphatic heterocycles. The van der Waals surface area contributed by atoms with Crippen molar-refractivity contribution in [3.63, 3.8) is 0 Å². The number of fused-ring (bicyclic) bond motifs is 1. The van der Waals surface area contributed by atoms with Gasteiger partial charge in [-0.1, -0.05) is 6.07 Å². The van der Waals surface area contributed by atoms with Crippen molar-refractivity contribution in [3.8, 4) is 0 Å². The molecule has 0 unspecified atom stereocenters. The van der Waals surface area contributed by atoms with Crippen LogP contribution in [0.2, 0.25) is 0 Å². The van der Waals surface area contributed by atoms with Crippen molar-refractivity contribution in [2.45, 2.75) is 30.9 Å². The van der Waals surface area contributed by atoms with E-state index in [9.17, 15) is 17.6 Å². The largest absolute Gasteiger partial charge is 0.462 e. The number of aromatic nitrogens is 1. The number of carbonyl (C=O) groups excluding carboxylic acids is 1. The van der Waals surface area contributed by atoms with Gasteiger partial charge in [-0.25, -0.2) is 21.9 Å². The molecule has 2 aromatic heterocycles. The average molecular weight is 473 g/mol. The average Bonchev–Trinajstić information content (AvgIpc) is 3.19. The maximum atomic E-state index is 13.5. The van der Waals surface area contributed by atoms with E-state index in [1.807, 2.05) is 12.1 Å². The zero-order chi connectivity index (χ0) is 23.2. The molecule has 2 saturated heterocycles. The van der Waals surface area contributed by atoms with Crippen LogP contribution in [0, 0.1) is 12.7 Å². The fourth-order valence-electron chi connectivity index (χ4n) is 4.52. The molecule has 0 aliphatic carbocycles. The van der Waals surface area contributed by atoms with Gasteiger partial charge in [0.2, 0.25) is 10.0 Å². The standard InChI is InChI=1S/C23H25FN4O4S/c1-15-4-5-17(24)11-20(15)26-23(29)27-12-18(13-27)33(30,31)28-9-6-16(7-10-28)19-14-32-21-3-2-8-25-22(19)21/h2-5,8,11,14,16,18H,6-7,9-10,12-13H2,1H3,(H,26,29). The first-order valence-corrected chi connectivity index (χ1v) is 12.5. The number of piperidine rings is 1. The van der Waals surface area contributed by atoms with E-state index in [2.05, 4.69) is 10.3 Å². The van der Waals surface area contributed by atoms with Crippen LogP contribution < -0.4 is 5.32 Å². The van der Waals surface area contributed by atoms with Gasteiger partial charge < -0.3 is 14.6 Å². The number of rotatable bonds is 4. The molecule has 2 amide bonds. The van der Waals surface area contributed by atoms with Crippen molar-refractivity contribution >= 4 is 32.8 Å². The number of nitrogens with zero attached hydrogens (tertiary/aromatic N) is 3. The lowest BCUT2D eigenvalue weighted by molar-refractivity contribution is 0.179. The van der Waals surface area contributed by atoms with E-state index in [1.165, 1.54) is 21.3 Å². The summed E-state index contributed by atoms with van der Waals surface area (Å²) >= 11 is 0. The second-order valence-electron chi connectivity index (χ2n) is 8.68. The second kappa shape index (κ2) is 8.42. The zero-order valence-corrected chi connectivity index (χ0v) is 19.0. The molecule has 0 saturated carbocycles. The lowest BCUT2D eigenvalue weighted by atomic mass is 9.91. The zero-order valence-electron chi connectivity index (χ0n) is 18.2. The van der Waals surface area contributed by atoms with Crippen molar-refractivity contribution in [2.24, 2.45) is 0 Å². The monoisotopic (exact) mass is 472 g/mol. The molecule has 2 fully saturated rings. The molecule has 174 valence electrons. The third-order valence-electron chi connectivity index (χ3n) is 6.61. The molecule has 1 aromatic carbocycles. The van der Waals surface area contributed by atoms with Gasteiger partial charge >= 0.3 is 6.03 Å². The number of hydrogen-bond acceptors (Lipinski definition) is 5. The van der Waals surface area contributed by atoms with E-state index in [1.54, 1.807) is 25.5 Å². The summed E-state index contributed by atoms with van der Waals surface area (Å²) in [7, 11) is -3.50. The van der Waals surface area contributed by atoms with Gasteiger partial charge in [0, 0.05) is 43.6 Å². The van der Waals surface area contributed by atoms with Crippen molar-refractivity contribution in [1.82, 2.24) is 14.2 Å². The number of aryl methyl sites for hydroxylation is 1. The summed E-state index contributed by atoms with van der Waals surface area (Å²) in [5, 5.41) is 2.04. The Morgan fingerprint density at radius 3 is 2.73 bits per heavy atom. The summed E-state index contributed by atoms with van der Waals surface area (Å²) in [6.45, 7) is 2.87. The summed E-state index contributed by atoms with van der Waals surface area (Å²) in [5.41, 5.74) is 3.73. The predicted molar refractivity (Wildman–Crippen MR) is 122 cm³/mol. The van der Waals surface area contributed by atoms with Crippen LogP contribution in [-0.2, 0) is 10.0 Å². The Labute approximate surface area is 191 Å². The highest BCUT2D eigenvalue weighted by atomic mass is 32.2. The minimum atomic E-state index is -3.50. The molecule has 2 aliphatic rings. The van der Waals surface area contributed by atoms with Gasteiger partial charge in [-0.15, -0.1) is 0 Å². The van der Waals surface area contributed by atoms with E-state index in [4.69, 9.17) is 4.42 Å². The highest BCUT2D eigenvalue weighted by molar-refractivity contribution is 7.89. The number of anilines is 1. The Bertz CT molecular complexity index is 1290. The first-order valence-electron chi connectivity index (χ1n) is 11.0. The fraction of sp³-hybridized carbons (Fsp3) is 0.391. The van der Waals surface area contributed by atoms with E-state index >= 15 is 0 Å². The molecule has 3 aromatic rings. The number of hydrogen-bond donors (Lipinski definition) is 1. The molecule has 0 atom stereocenters. The Hall–Kier alpha value is -2.98. The molecule has 1 N–H and O–H groups in total. The molecular weight excluding hydrogens is 447 g/mol. The van der Waals surface area contributed by atoms with Gasteiger partial charge in [0.1, 0.15) is 16.6 Å². The Kier molecular flexibility index (Phi) is 5.57. The van der Waals surface area contributed by atoms with Crippen molar-refractivity contribution in [2.75, 3.05) is 31.5 Å². The van der Waals surface area contributed by atoms with E-state index in [-0.39, 0.29) is 19.0 Å². The van der Waals surface area contributed by atoms with Crippen LogP contribution in [0.1, 0.15) is 29.9 Å². The van der Waals surface area contributed by atoms with Crippen LogP contribution >= 0.6 is 0 Å². The lowest BCUT2D eigenvalue weighted by Crippen LogP contribution is -2.61. The molecule has 0 bridgehead atoms. The maximum absolute atomic E-state index is 13.5. The molecule has 0 spiro atoms. The number of amides is 2. The number of pyridine rings is 1. The van der Waals surface area contributed by atoms with Crippen molar-refractivity contribution < 1.29 is 22.0 Å². The van der Waals surface area contributed by atoms with E-state index in [0.717, 1.165) is 22.2 Å². The number of urea groups is 1. The number of sulfonamides is 1. The Balaban J connectivity index is 1.17. The van der Waals surface area contributed by atoms with Gasteiger partial charge in [0.15, 0.2) is 5.58 Å². The fourth-order valence-corrected chi connectivity index (χ4v) is 6.40. The molecule has 8 nitrogen and oxygen atoms in total. The first kappa shape index (κ1) is 21.8. The maximum Gasteiger partial charge on any atom is 0.321 e. The minimum Gasteiger partial charge on any atom is -0.462 e. The number of halogens is 1. The summed E-state index contributed by atoms with van der Waals surface area (Å²) < 4.78 is 46.8. The molecular formula is C23H25FN4O4S. The number of carbonyl (C=O) groups is 1. The molecule has 4 heterocycles. The second-order valence-corrected chi connectivity index (χ2v) is 10.9. The van der Waals surface area contributed by atoms with Gasteiger partial charge in [-0.3, -0.25) is 4.98 Å². The summed E-state index contributed by atoms with van der Waals surface area (Å²) in [6.07, 6.45) is 4.85. The molecule has 10 heteroatoms. The van der Waals surface area contributed by atoms with Crippen LogP contribution in [0.4, 0.5) is 14.9 Å². The van der Waals surface area contributed by atoms with Crippen LogP contribution in [0.3, 0.4) is 0 Å². The third kappa shape index (κ3) is 4.08. The topological polar surface area (TPSA) is 95.8 Å². The molecule has 5 rings (SSSR count). The smallest absolute Gasteiger partial charge is 0.321 e. The lowest BCUT2D eigenvalue weighted by Gasteiger charge is -2.42. The normalized spacial score (nSPS) is 18.4. The van der Waals surface area contributed by atoms with E-state index in [0.29, 0.717) is 31.6 Å². The first-order chi connectivity index (χ1) is 15.8. The van der Waals surface area contributed by atoms with Crippen LogP contribution in [0.5, 0.6) is 0 Å². The van der Waals surface area contributed by atoms with Crippen LogP contribution in [0.15, 0.2) is 47.2 Å². The van der Waals surface area contributed by atoms with Gasteiger partial charge in [0.25, 0.3) is 0 Å². The quantitative estimate of drug-likeness (QED) is 0.625. The number of furan rings is 1. The number of benzene rings is 1. The Morgan fingerprint density at radius 1 is 1.21 bits per heavy atom. The van der Waals surface area contributed by atoms with Gasteiger partial charge in [0.05, 0.1) is 6.26 Å². The highest BCUT2D eigenvalue weighted by Crippen LogP contribution is 2.35. The van der Waals surface area contributed by atoms with Gasteiger partial charge in [-0.05, 0) is 55.5 Å². The predicted octanol–water partition coefficient (Wildman–Crippen LogP) is 3.70. The van der Waals surface area contributed by atoms with Crippen molar-refractivity contribution in [1.29, 1.82) is 0 Å². The number of nitrogens with one attached hydrogen (secondary N) is 1. The van der Waals surface area contributed by atoms with E-state index < -0.39 is 27.1 Å². The summed E-state index contributed by atoms with van der Waals surface area (Å²) in [5.74, 6) is -0.242. The van der Waals surface area contributed by atoms with Crippen molar-refractivity contribution in [3.05, 3.63) is 59.7 Å². The number of likely N-dealkylation sites (tertiary alicyclic amines) is 1.